The average Bonchev–Trinajstić information content (AvgIpc) is 2.39. The van der Waals surface area contributed by atoms with Crippen LogP contribution in [0.15, 0.2) is 12.1 Å². The van der Waals surface area contributed by atoms with Gasteiger partial charge in [-0.2, -0.15) is 0 Å². The second kappa shape index (κ2) is 2.85. The Morgan fingerprint density at radius 2 is 2.20 bits per heavy atom. The number of aromatic hydroxyl groups is 1. The first-order chi connectivity index (χ1) is 6.89. The zero-order valence-corrected chi connectivity index (χ0v) is 8.48. The Morgan fingerprint density at radius 3 is 2.80 bits per heavy atom. The average molecular weight is 209 g/mol. The molecule has 5 nitrogen and oxygen atoms in total. The largest absolute Gasteiger partial charge is 0.504 e. The molecule has 15 heavy (non-hydrogen) atoms. The fourth-order valence-corrected chi connectivity index (χ4v) is 1.78. The van der Waals surface area contributed by atoms with E-state index in [0.29, 0.717) is 17.7 Å². The minimum absolute atomic E-state index is 0.104. The number of phenolic OH excluding ortho intramolecular Hbond substituents is 1. The number of nitrogens with zero attached hydrogens (tertiary/aromatic N) is 1. The first-order valence-corrected chi connectivity index (χ1v) is 4.58. The van der Waals surface area contributed by atoms with E-state index < -0.39 is 10.5 Å². The van der Waals surface area contributed by atoms with Gasteiger partial charge in [0.05, 0.1) is 11.0 Å². The molecule has 0 saturated heterocycles. The van der Waals surface area contributed by atoms with Gasteiger partial charge in [-0.15, -0.1) is 0 Å². The zero-order chi connectivity index (χ0) is 11.2. The van der Waals surface area contributed by atoms with Crippen LogP contribution in [-0.2, 0) is 6.42 Å². The number of nitro groups is 1. The summed E-state index contributed by atoms with van der Waals surface area (Å²) in [6.45, 7) is 3.75. The van der Waals surface area contributed by atoms with Crippen molar-refractivity contribution in [3.63, 3.8) is 0 Å². The van der Waals surface area contributed by atoms with Crippen molar-refractivity contribution in [2.24, 2.45) is 0 Å². The van der Waals surface area contributed by atoms with Gasteiger partial charge in [0.1, 0.15) is 5.60 Å². The van der Waals surface area contributed by atoms with Crippen molar-refractivity contribution < 1.29 is 14.8 Å². The summed E-state index contributed by atoms with van der Waals surface area (Å²) in [4.78, 5) is 10.0. The van der Waals surface area contributed by atoms with Gasteiger partial charge in [-0.1, -0.05) is 0 Å². The lowest BCUT2D eigenvalue weighted by molar-refractivity contribution is -0.385. The Kier molecular flexibility index (Phi) is 1.86. The molecule has 0 spiro atoms. The lowest BCUT2D eigenvalue weighted by Gasteiger charge is -2.16. The van der Waals surface area contributed by atoms with E-state index in [2.05, 4.69) is 0 Å². The van der Waals surface area contributed by atoms with E-state index in [4.69, 9.17) is 4.74 Å². The summed E-state index contributed by atoms with van der Waals surface area (Å²) in [5, 5.41) is 20.1. The number of non-ortho nitro benzene ring substituents is 1. The van der Waals surface area contributed by atoms with E-state index in [9.17, 15) is 15.2 Å². The van der Waals surface area contributed by atoms with Gasteiger partial charge >= 0.3 is 0 Å². The molecule has 1 aliphatic heterocycles. The molecule has 0 bridgehead atoms. The van der Waals surface area contributed by atoms with E-state index in [-0.39, 0.29) is 11.4 Å². The summed E-state index contributed by atoms with van der Waals surface area (Å²) in [7, 11) is 0. The second-order valence-electron chi connectivity index (χ2n) is 4.25. The van der Waals surface area contributed by atoms with Gasteiger partial charge in [0.2, 0.25) is 0 Å². The fraction of sp³-hybridized carbons (Fsp3) is 0.400. The number of phenols is 1. The summed E-state index contributed by atoms with van der Waals surface area (Å²) in [5.74, 6) is 0.204. The normalized spacial score (nSPS) is 16.9. The highest BCUT2D eigenvalue weighted by Crippen LogP contribution is 2.43. The predicted octanol–water partition coefficient (Wildman–Crippen LogP) is 2.01. The molecule has 1 aliphatic rings. The van der Waals surface area contributed by atoms with Crippen LogP contribution in [0.1, 0.15) is 19.4 Å². The smallest absolute Gasteiger partial charge is 0.273 e. The van der Waals surface area contributed by atoms with Crippen molar-refractivity contribution in [3.05, 3.63) is 27.8 Å². The third-order valence-electron chi connectivity index (χ3n) is 2.34. The number of benzene rings is 1. The molecule has 0 aliphatic carbocycles. The maximum absolute atomic E-state index is 10.6. The lowest BCUT2D eigenvalue weighted by atomic mass is 10.0. The van der Waals surface area contributed by atoms with Gasteiger partial charge in [-0.05, 0) is 13.8 Å². The van der Waals surface area contributed by atoms with Crippen LogP contribution in [-0.4, -0.2) is 15.6 Å². The molecule has 1 aromatic carbocycles. The van der Waals surface area contributed by atoms with Crippen molar-refractivity contribution in [2.45, 2.75) is 25.9 Å². The van der Waals surface area contributed by atoms with Crippen molar-refractivity contribution in [2.75, 3.05) is 0 Å². The molecular weight excluding hydrogens is 198 g/mol. The summed E-state index contributed by atoms with van der Waals surface area (Å²) >= 11 is 0. The number of rotatable bonds is 1. The van der Waals surface area contributed by atoms with Crippen LogP contribution in [0.5, 0.6) is 11.5 Å². The maximum Gasteiger partial charge on any atom is 0.273 e. The molecule has 80 valence electrons. The molecule has 2 rings (SSSR count). The molecule has 1 heterocycles. The standard InChI is InChI=1S/C10H11NO4/c1-10(2)5-6-3-7(11(13)14)4-8(12)9(6)15-10/h3-4,12H,5H2,1-2H3. The van der Waals surface area contributed by atoms with Crippen LogP contribution in [0.2, 0.25) is 0 Å². The van der Waals surface area contributed by atoms with E-state index in [1.165, 1.54) is 6.07 Å². The van der Waals surface area contributed by atoms with Crippen LogP contribution in [0.4, 0.5) is 5.69 Å². The molecule has 0 radical (unpaired) electrons. The van der Waals surface area contributed by atoms with Crippen molar-refractivity contribution >= 4 is 5.69 Å². The summed E-state index contributed by atoms with van der Waals surface area (Å²) in [5.41, 5.74) is 0.175. The summed E-state index contributed by atoms with van der Waals surface area (Å²) < 4.78 is 5.49. The van der Waals surface area contributed by atoms with E-state index >= 15 is 0 Å². The first-order valence-electron chi connectivity index (χ1n) is 4.58. The fourth-order valence-electron chi connectivity index (χ4n) is 1.78. The van der Waals surface area contributed by atoms with Crippen LogP contribution in [0.25, 0.3) is 0 Å². The van der Waals surface area contributed by atoms with E-state index in [0.717, 1.165) is 6.07 Å². The van der Waals surface area contributed by atoms with Crippen LogP contribution in [0, 0.1) is 10.1 Å². The lowest BCUT2D eigenvalue weighted by Crippen LogP contribution is -2.24. The molecule has 1 aromatic rings. The minimum atomic E-state index is -0.522. The van der Waals surface area contributed by atoms with Gasteiger partial charge in [-0.3, -0.25) is 10.1 Å². The molecule has 0 amide bonds. The molecule has 0 unspecified atom stereocenters. The molecule has 0 fully saturated rings. The van der Waals surface area contributed by atoms with E-state index in [1.54, 1.807) is 0 Å². The molecule has 0 saturated carbocycles. The Labute approximate surface area is 86.4 Å². The highest BCUT2D eigenvalue weighted by atomic mass is 16.6. The van der Waals surface area contributed by atoms with Gasteiger partial charge in [-0.25, -0.2) is 0 Å². The van der Waals surface area contributed by atoms with Crippen LogP contribution < -0.4 is 4.74 Å². The molecule has 0 aromatic heterocycles. The molecule has 0 atom stereocenters. The second-order valence-corrected chi connectivity index (χ2v) is 4.25. The first kappa shape index (κ1) is 9.76. The monoisotopic (exact) mass is 209 g/mol. The zero-order valence-electron chi connectivity index (χ0n) is 8.48. The summed E-state index contributed by atoms with van der Waals surface area (Å²) in [6.07, 6.45) is 0.567. The number of hydrogen-bond donors (Lipinski definition) is 1. The van der Waals surface area contributed by atoms with Crippen LogP contribution in [0.3, 0.4) is 0 Å². The van der Waals surface area contributed by atoms with Gasteiger partial charge in [0, 0.05) is 18.1 Å². The topological polar surface area (TPSA) is 72.6 Å². The Morgan fingerprint density at radius 1 is 1.53 bits per heavy atom. The maximum atomic E-state index is 10.6. The highest BCUT2D eigenvalue weighted by molar-refractivity contribution is 5.56. The quantitative estimate of drug-likeness (QED) is 0.567. The SMILES string of the molecule is CC1(C)Cc2cc([N+](=O)[O-])cc(O)c2O1. The van der Waals surface area contributed by atoms with Crippen molar-refractivity contribution in [1.82, 2.24) is 0 Å². The molecule has 1 N–H and O–H groups in total. The Hall–Kier alpha value is -1.78. The Balaban J connectivity index is 2.51. The van der Waals surface area contributed by atoms with Gasteiger partial charge in [0.25, 0.3) is 5.69 Å². The number of ether oxygens (including phenoxy) is 1. The number of hydrogen-bond acceptors (Lipinski definition) is 4. The van der Waals surface area contributed by atoms with Gasteiger partial charge in [0.15, 0.2) is 11.5 Å². The van der Waals surface area contributed by atoms with Gasteiger partial charge < -0.3 is 9.84 Å². The van der Waals surface area contributed by atoms with Crippen molar-refractivity contribution in [3.8, 4) is 11.5 Å². The molecular formula is C10H11NO4. The highest BCUT2D eigenvalue weighted by Gasteiger charge is 2.33. The summed E-state index contributed by atoms with van der Waals surface area (Å²) in [6, 6.07) is 2.56. The Bertz CT molecular complexity index is 439. The molecule has 5 heteroatoms. The minimum Gasteiger partial charge on any atom is -0.504 e. The predicted molar refractivity (Wildman–Crippen MR) is 53.2 cm³/mol. The van der Waals surface area contributed by atoms with Crippen LogP contribution >= 0.6 is 0 Å². The number of nitro benzene ring substituents is 1. The third-order valence-corrected chi connectivity index (χ3v) is 2.34. The number of fused-ring (bicyclic) bond motifs is 1. The van der Waals surface area contributed by atoms with Crippen molar-refractivity contribution in [1.29, 1.82) is 0 Å². The van der Waals surface area contributed by atoms with E-state index in [1.807, 2.05) is 13.8 Å². The third kappa shape index (κ3) is 1.60.